The van der Waals surface area contributed by atoms with Gasteiger partial charge in [-0.05, 0) is 98.3 Å². The maximum atomic E-state index is 15.2. The van der Waals surface area contributed by atoms with Crippen LogP contribution in [0, 0.1) is 11.8 Å². The van der Waals surface area contributed by atoms with Crippen molar-refractivity contribution >= 4 is 71.1 Å². The zero-order valence-electron chi connectivity index (χ0n) is 49.1. The molecule has 28 nitrogen and oxygen atoms in total. The zero-order chi connectivity index (χ0) is 63.3. The molecular formula is C60H82N14O14. The van der Waals surface area contributed by atoms with Crippen LogP contribution in [-0.4, -0.2) is 198 Å². The Morgan fingerprint density at radius 3 is 1.23 bits per heavy atom. The summed E-state index contributed by atoms with van der Waals surface area (Å²) in [5.41, 5.74) is 24.6. The Morgan fingerprint density at radius 1 is 0.511 bits per heavy atom. The molecular weight excluding hydrogens is 1140 g/mol. The first-order chi connectivity index (χ1) is 42.2. The van der Waals surface area contributed by atoms with E-state index in [-0.39, 0.29) is 101 Å². The van der Waals surface area contributed by atoms with Crippen molar-refractivity contribution in [2.75, 3.05) is 26.3 Å². The second kappa shape index (κ2) is 29.8. The van der Waals surface area contributed by atoms with Gasteiger partial charge in [0.1, 0.15) is 48.3 Å². The Morgan fingerprint density at radius 2 is 0.875 bits per heavy atom. The number of carbonyl (C=O) groups is 10. The summed E-state index contributed by atoms with van der Waals surface area (Å²) in [6.45, 7) is -1.88. The van der Waals surface area contributed by atoms with E-state index < -0.39 is 133 Å². The second-order valence-corrected chi connectivity index (χ2v) is 23.6. The van der Waals surface area contributed by atoms with Gasteiger partial charge in [-0.2, -0.15) is 0 Å². The van der Waals surface area contributed by atoms with Crippen molar-refractivity contribution in [1.29, 1.82) is 0 Å². The van der Waals surface area contributed by atoms with E-state index in [1.807, 2.05) is 12.1 Å². The van der Waals surface area contributed by atoms with Crippen LogP contribution in [0.3, 0.4) is 0 Å². The minimum atomic E-state index is -1.66. The number of carbonyl (C=O) groups excluding carboxylic acids is 8. The normalized spacial score (nSPS) is 24.2. The largest absolute Gasteiger partial charge is 0.480 e. The molecule has 28 heteroatoms. The molecule has 4 aliphatic heterocycles. The Kier molecular flexibility index (Phi) is 22.1. The minimum Gasteiger partial charge on any atom is -0.480 e. The molecule has 0 bridgehead atoms. The number of hydrogen-bond acceptors (Lipinski definition) is 14. The van der Waals surface area contributed by atoms with Gasteiger partial charge in [0.15, 0.2) is 11.9 Å². The average Bonchev–Trinajstić information content (AvgIpc) is 1.67. The van der Waals surface area contributed by atoms with Crippen LogP contribution in [0.15, 0.2) is 70.7 Å². The number of fused-ring (bicyclic) bond motifs is 4. The number of carboxylic acid groups (broad SMARTS) is 2. The fraction of sp³-hybridized carbons (Fsp3) is 0.567. The first kappa shape index (κ1) is 65.3. The number of aliphatic hydroxyl groups is 2. The summed E-state index contributed by atoms with van der Waals surface area (Å²) in [6.07, 6.45) is 8.39. The van der Waals surface area contributed by atoms with E-state index in [1.165, 1.54) is 19.6 Å². The van der Waals surface area contributed by atoms with Crippen LogP contribution in [-0.2, 0) is 73.9 Å². The van der Waals surface area contributed by atoms with Crippen molar-refractivity contribution in [2.45, 2.75) is 176 Å². The fourth-order valence-corrected chi connectivity index (χ4v) is 13.7. The number of hydrogen-bond donors (Lipinski definition) is 12. The average molecular weight is 1220 g/mol. The molecule has 12 atom stereocenters. The van der Waals surface area contributed by atoms with Crippen LogP contribution >= 0.6 is 0 Å². The zero-order valence-corrected chi connectivity index (χ0v) is 49.1. The van der Waals surface area contributed by atoms with Crippen molar-refractivity contribution in [3.05, 3.63) is 82.9 Å². The Balaban J connectivity index is 0.956. The third-order valence-corrected chi connectivity index (χ3v) is 18.0. The monoisotopic (exact) mass is 1220 g/mol. The molecule has 88 heavy (non-hydrogen) atoms. The molecule has 4 fully saturated rings. The van der Waals surface area contributed by atoms with Gasteiger partial charge >= 0.3 is 11.9 Å². The molecule has 2 aromatic carbocycles. The van der Waals surface area contributed by atoms with Gasteiger partial charge in [-0.15, -0.1) is 0 Å². The number of carboxylic acids is 2. The van der Waals surface area contributed by atoms with Gasteiger partial charge in [0.2, 0.25) is 47.3 Å². The van der Waals surface area contributed by atoms with Crippen molar-refractivity contribution < 1.29 is 68.4 Å². The first-order valence-corrected chi connectivity index (χ1v) is 30.3. The van der Waals surface area contributed by atoms with E-state index in [0.717, 1.165) is 61.8 Å². The molecule has 2 aliphatic carbocycles. The summed E-state index contributed by atoms with van der Waals surface area (Å²) in [7, 11) is 0. The smallest absolute Gasteiger partial charge is 0.326 e. The van der Waals surface area contributed by atoms with Crippen molar-refractivity contribution in [1.82, 2.24) is 40.9 Å². The van der Waals surface area contributed by atoms with Gasteiger partial charge in [-0.3, -0.25) is 48.3 Å². The summed E-state index contributed by atoms with van der Waals surface area (Å²) in [5.74, 6) is -9.28. The molecule has 0 radical (unpaired) electrons. The van der Waals surface area contributed by atoms with Crippen molar-refractivity contribution in [3.8, 4) is 0 Å². The van der Waals surface area contributed by atoms with E-state index >= 15 is 9.59 Å². The number of aliphatic carboxylic acids is 2. The quantitative estimate of drug-likeness (QED) is 0.0233. The predicted molar refractivity (Wildman–Crippen MR) is 317 cm³/mol. The lowest BCUT2D eigenvalue weighted by Crippen LogP contribution is -2.62. The minimum absolute atomic E-state index is 0.00176. The molecule has 0 spiro atoms. The molecule has 0 aromatic heterocycles. The SMILES string of the molecule is NC(N)=NCCC[C@H](NC(=O)[C@@H]1CC2CCCCC2N1C(=O)[C@H]1Cc2ccccc2CN1C(=O)[C@H](CO)NC(=O)/C=C\C(=O)N[C@@H](CO)C(=O)N1Cc2ccccc2C[C@@H]1C(=O)N1C2CCCCC2C[C@H]1C(=O)N[C@@H](CCCN=C(N)N)C(=O)O)C(=O)O. The lowest BCUT2D eigenvalue weighted by molar-refractivity contribution is -0.153. The lowest BCUT2D eigenvalue weighted by atomic mass is 9.84. The van der Waals surface area contributed by atoms with Crippen LogP contribution in [0.4, 0.5) is 0 Å². The van der Waals surface area contributed by atoms with E-state index in [1.54, 1.807) is 36.4 Å². The molecule has 476 valence electrons. The topological polar surface area (TPSA) is 441 Å². The Labute approximate surface area is 508 Å². The van der Waals surface area contributed by atoms with Crippen molar-refractivity contribution in [2.24, 2.45) is 44.8 Å². The number of nitrogens with two attached hydrogens (primary N) is 4. The number of guanidine groups is 2. The van der Waals surface area contributed by atoms with Crippen LogP contribution in [0.25, 0.3) is 0 Å². The van der Waals surface area contributed by atoms with Gasteiger partial charge in [0.25, 0.3) is 0 Å². The van der Waals surface area contributed by atoms with E-state index in [4.69, 9.17) is 22.9 Å². The van der Waals surface area contributed by atoms with Gasteiger partial charge < -0.3 is 84.2 Å². The number of aliphatic imine (C=N–C) groups is 2. The highest BCUT2D eigenvalue weighted by molar-refractivity contribution is 6.02. The number of rotatable bonds is 24. The molecule has 4 heterocycles. The summed E-state index contributed by atoms with van der Waals surface area (Å²) in [6, 6.07) is 2.92. The number of nitrogens with zero attached hydrogens (tertiary/aromatic N) is 6. The maximum Gasteiger partial charge on any atom is 0.326 e. The third-order valence-electron chi connectivity index (χ3n) is 18.0. The van der Waals surface area contributed by atoms with Crippen LogP contribution in [0.5, 0.6) is 0 Å². The predicted octanol–water partition coefficient (Wildman–Crippen LogP) is -2.03. The highest BCUT2D eigenvalue weighted by Gasteiger charge is 2.53. The molecule has 2 saturated heterocycles. The number of nitrogens with one attached hydrogen (secondary N) is 4. The van der Waals surface area contributed by atoms with E-state index in [0.29, 0.717) is 24.0 Å². The van der Waals surface area contributed by atoms with Gasteiger partial charge in [0, 0.05) is 63.3 Å². The summed E-state index contributed by atoms with van der Waals surface area (Å²) in [4.78, 5) is 153. The summed E-state index contributed by atoms with van der Waals surface area (Å²) >= 11 is 0. The summed E-state index contributed by atoms with van der Waals surface area (Å²) in [5, 5.41) is 51.6. The third kappa shape index (κ3) is 15.5. The number of aliphatic hydroxyl groups excluding tert-OH is 2. The highest BCUT2D eigenvalue weighted by atomic mass is 16.4. The maximum absolute atomic E-state index is 15.2. The first-order valence-electron chi connectivity index (χ1n) is 30.3. The van der Waals surface area contributed by atoms with Gasteiger partial charge in [0.05, 0.1) is 13.2 Å². The van der Waals surface area contributed by atoms with Gasteiger partial charge in [-0.1, -0.05) is 74.2 Å². The van der Waals surface area contributed by atoms with Gasteiger partial charge in [-0.25, -0.2) is 9.59 Å². The van der Waals surface area contributed by atoms with Crippen molar-refractivity contribution in [3.63, 3.8) is 0 Å². The lowest BCUT2D eigenvalue weighted by Gasteiger charge is -2.42. The molecule has 8 amide bonds. The molecule has 2 aromatic rings. The number of likely N-dealkylation sites (tertiary alicyclic amines) is 2. The number of amides is 8. The summed E-state index contributed by atoms with van der Waals surface area (Å²) < 4.78 is 0. The van der Waals surface area contributed by atoms with E-state index in [9.17, 15) is 58.8 Å². The second-order valence-electron chi connectivity index (χ2n) is 23.6. The van der Waals surface area contributed by atoms with Crippen LogP contribution in [0.1, 0.15) is 112 Å². The standard InChI is InChI=1S/C60H82N14O14/c61-59(62)65-23-9-17-39(57(85)86)69-51(79)45-27-35-13-5-7-19-43(35)73(45)55(83)47-25-33-11-1-3-15-37(33)29-71(47)53(81)41(31-75)67-49(77)21-22-50(78)68-42(32-76)54(82)72-30-38-16-4-2-12-34(38)26-48(72)56(84)74-44-20-8-6-14-36(44)28-46(74)52(80)70-40(58(87)88)18-10-24-66-60(63)64/h1-4,11-12,15-16,21-22,35-36,39-48,75-76H,5-10,13-14,17-20,23-32H2,(H,67,77)(H,68,78)(H,69,79)(H,70,80)(H,85,86)(H,87,88)(H4,61,62,65)(H4,63,64,66)/b22-21-/t35?,36?,39-,40-,41-,42-,43?,44?,45-,46-,47+,48+/m0/s1. The van der Waals surface area contributed by atoms with E-state index in [2.05, 4.69) is 31.3 Å². The van der Waals surface area contributed by atoms with Crippen LogP contribution in [0.2, 0.25) is 0 Å². The Bertz CT molecular complexity index is 2840. The fourth-order valence-electron chi connectivity index (χ4n) is 13.7. The molecule has 4 unspecified atom stereocenters. The molecule has 16 N–H and O–H groups in total. The van der Waals surface area contributed by atoms with Crippen LogP contribution < -0.4 is 44.2 Å². The molecule has 2 saturated carbocycles. The Hall–Kier alpha value is -8.66. The molecule has 6 aliphatic rings. The molecule has 8 rings (SSSR count). The highest BCUT2D eigenvalue weighted by Crippen LogP contribution is 2.43. The number of benzene rings is 2.